The lowest BCUT2D eigenvalue weighted by Crippen LogP contribution is -2.42. The van der Waals surface area contributed by atoms with E-state index < -0.39 is 0 Å². The lowest BCUT2D eigenvalue weighted by Gasteiger charge is -2.38. The summed E-state index contributed by atoms with van der Waals surface area (Å²) in [6, 6.07) is 13.9. The van der Waals surface area contributed by atoms with Gasteiger partial charge in [-0.3, -0.25) is 14.0 Å². The molecule has 0 atom stereocenters. The van der Waals surface area contributed by atoms with E-state index in [-0.39, 0.29) is 29.7 Å². The summed E-state index contributed by atoms with van der Waals surface area (Å²) in [7, 11) is 0. The van der Waals surface area contributed by atoms with Gasteiger partial charge in [0.05, 0.1) is 12.1 Å². The Morgan fingerprint density at radius 2 is 1.74 bits per heavy atom. The normalized spacial score (nSPS) is 18.0. The SMILES string of the molecule is O=C(Cc1cn2c(C(=O)NCC3(c4ccc(Cl)cc4)CCCCC3)cccc2n1)NC1CCCC1. The first-order valence-electron chi connectivity index (χ1n) is 12.8. The minimum Gasteiger partial charge on any atom is -0.353 e. The van der Waals surface area contributed by atoms with Gasteiger partial charge in [-0.05, 0) is 55.5 Å². The minimum atomic E-state index is -0.131. The van der Waals surface area contributed by atoms with E-state index in [0.29, 0.717) is 23.6 Å². The Morgan fingerprint density at radius 3 is 2.49 bits per heavy atom. The molecule has 2 aromatic heterocycles. The van der Waals surface area contributed by atoms with Crippen LogP contribution in [-0.2, 0) is 16.6 Å². The molecular formula is C28H33ClN4O2. The number of hydrogen-bond acceptors (Lipinski definition) is 3. The largest absolute Gasteiger partial charge is 0.353 e. The van der Waals surface area contributed by atoms with E-state index in [1.54, 1.807) is 4.40 Å². The van der Waals surface area contributed by atoms with Gasteiger partial charge in [0.25, 0.3) is 5.91 Å². The second-order valence-corrected chi connectivity index (χ2v) is 10.6. The number of fused-ring (bicyclic) bond motifs is 1. The number of aromatic nitrogens is 2. The zero-order valence-electron chi connectivity index (χ0n) is 20.1. The molecule has 0 saturated heterocycles. The summed E-state index contributed by atoms with van der Waals surface area (Å²) in [5.41, 5.74) is 3.03. The minimum absolute atomic E-state index is 0.00601. The van der Waals surface area contributed by atoms with E-state index in [1.165, 1.54) is 24.8 Å². The number of rotatable bonds is 7. The van der Waals surface area contributed by atoms with Crippen LogP contribution < -0.4 is 10.6 Å². The van der Waals surface area contributed by atoms with Crippen molar-refractivity contribution in [1.29, 1.82) is 0 Å². The fraction of sp³-hybridized carbons (Fsp3) is 0.464. The van der Waals surface area contributed by atoms with E-state index in [0.717, 1.165) is 43.5 Å². The molecule has 0 spiro atoms. The standard InChI is InChI=1S/C28H33ClN4O2/c29-21-13-11-20(12-14-21)28(15-4-1-5-16-28)19-30-27(35)24-9-6-10-25-31-23(18-33(24)25)17-26(34)32-22-7-2-3-8-22/h6,9-14,18,22H,1-5,7-8,15-17,19H2,(H,30,35)(H,32,34). The van der Waals surface area contributed by atoms with E-state index in [1.807, 2.05) is 36.5 Å². The number of imidazole rings is 1. The van der Waals surface area contributed by atoms with Gasteiger partial charge >= 0.3 is 0 Å². The summed E-state index contributed by atoms with van der Waals surface area (Å²) < 4.78 is 1.79. The van der Waals surface area contributed by atoms with Crippen LogP contribution in [0.1, 0.15) is 79.5 Å². The Hall–Kier alpha value is -2.86. The molecule has 0 radical (unpaired) electrons. The topological polar surface area (TPSA) is 75.5 Å². The second-order valence-electron chi connectivity index (χ2n) is 10.1. The lowest BCUT2D eigenvalue weighted by molar-refractivity contribution is -0.121. The molecule has 6 nitrogen and oxygen atoms in total. The highest BCUT2D eigenvalue weighted by atomic mass is 35.5. The average molecular weight is 493 g/mol. The van der Waals surface area contributed by atoms with Gasteiger partial charge in [-0.15, -0.1) is 0 Å². The zero-order valence-corrected chi connectivity index (χ0v) is 20.8. The Kier molecular flexibility index (Phi) is 7.09. The van der Waals surface area contributed by atoms with Crippen LogP contribution in [0.4, 0.5) is 0 Å². The van der Waals surface area contributed by atoms with Crippen LogP contribution in [-0.4, -0.2) is 33.8 Å². The molecule has 2 fully saturated rings. The van der Waals surface area contributed by atoms with Crippen molar-refractivity contribution in [3.05, 3.63) is 70.6 Å². The predicted molar refractivity (Wildman–Crippen MR) is 138 cm³/mol. The first kappa shape index (κ1) is 23.9. The molecule has 3 aromatic rings. The zero-order chi connectivity index (χ0) is 24.3. The number of carbonyl (C=O) groups excluding carboxylic acids is 2. The smallest absolute Gasteiger partial charge is 0.268 e. The maximum Gasteiger partial charge on any atom is 0.268 e. The van der Waals surface area contributed by atoms with Crippen molar-refractivity contribution < 1.29 is 9.59 Å². The predicted octanol–water partition coefficient (Wildman–Crippen LogP) is 5.22. The molecule has 35 heavy (non-hydrogen) atoms. The quantitative estimate of drug-likeness (QED) is 0.474. The molecule has 184 valence electrons. The van der Waals surface area contributed by atoms with Gasteiger partial charge in [-0.25, -0.2) is 4.98 Å². The summed E-state index contributed by atoms with van der Waals surface area (Å²) in [5, 5.41) is 7.05. The molecule has 2 amide bonds. The van der Waals surface area contributed by atoms with Crippen molar-refractivity contribution >= 4 is 29.1 Å². The number of benzene rings is 1. The third-order valence-electron chi connectivity index (χ3n) is 7.69. The fourth-order valence-corrected chi connectivity index (χ4v) is 5.91. The molecule has 2 aliphatic carbocycles. The van der Waals surface area contributed by atoms with E-state index in [2.05, 4.69) is 27.8 Å². The number of nitrogens with one attached hydrogen (secondary N) is 2. The number of hydrogen-bond donors (Lipinski definition) is 2. The van der Waals surface area contributed by atoms with Crippen molar-refractivity contribution in [3.8, 4) is 0 Å². The van der Waals surface area contributed by atoms with Crippen molar-refractivity contribution in [2.45, 2.75) is 75.7 Å². The Bertz CT molecular complexity index is 1190. The van der Waals surface area contributed by atoms with Crippen molar-refractivity contribution in [2.75, 3.05) is 6.54 Å². The van der Waals surface area contributed by atoms with Gasteiger partial charge in [-0.2, -0.15) is 0 Å². The molecule has 5 rings (SSSR count). The number of pyridine rings is 1. The third kappa shape index (κ3) is 5.37. The molecule has 7 heteroatoms. The molecule has 0 unspecified atom stereocenters. The number of amides is 2. The highest BCUT2D eigenvalue weighted by Gasteiger charge is 2.34. The highest BCUT2D eigenvalue weighted by molar-refractivity contribution is 6.30. The Labute approximate surface area is 211 Å². The van der Waals surface area contributed by atoms with Gasteiger partial charge in [0, 0.05) is 29.2 Å². The van der Waals surface area contributed by atoms with E-state index >= 15 is 0 Å². The second kappa shape index (κ2) is 10.4. The fourth-order valence-electron chi connectivity index (χ4n) is 5.78. The number of nitrogens with zero attached hydrogens (tertiary/aromatic N) is 2. The molecule has 0 bridgehead atoms. The van der Waals surface area contributed by atoms with Gasteiger partial charge in [0.2, 0.25) is 5.91 Å². The molecular weight excluding hydrogens is 460 g/mol. The van der Waals surface area contributed by atoms with Crippen LogP contribution in [0.2, 0.25) is 5.02 Å². The van der Waals surface area contributed by atoms with E-state index in [9.17, 15) is 9.59 Å². The monoisotopic (exact) mass is 492 g/mol. The van der Waals surface area contributed by atoms with Gasteiger partial charge in [-0.1, -0.05) is 61.9 Å². The Balaban J connectivity index is 1.30. The average Bonchev–Trinajstić information content (AvgIpc) is 3.52. The van der Waals surface area contributed by atoms with Gasteiger partial charge in [0.1, 0.15) is 11.3 Å². The third-order valence-corrected chi connectivity index (χ3v) is 7.94. The van der Waals surface area contributed by atoms with Crippen LogP contribution in [0.3, 0.4) is 0 Å². The van der Waals surface area contributed by atoms with Gasteiger partial charge in [0.15, 0.2) is 0 Å². The maximum atomic E-state index is 13.3. The summed E-state index contributed by atoms with van der Waals surface area (Å²) in [4.78, 5) is 30.4. The summed E-state index contributed by atoms with van der Waals surface area (Å²) >= 11 is 6.13. The first-order valence-corrected chi connectivity index (χ1v) is 13.2. The summed E-state index contributed by atoms with van der Waals surface area (Å²) in [5.74, 6) is -0.137. The van der Waals surface area contributed by atoms with Crippen molar-refractivity contribution in [2.24, 2.45) is 0 Å². The molecule has 2 N–H and O–H groups in total. The van der Waals surface area contributed by atoms with Crippen LogP contribution in [0, 0.1) is 0 Å². The molecule has 2 heterocycles. The Morgan fingerprint density at radius 1 is 1.00 bits per heavy atom. The van der Waals surface area contributed by atoms with Crippen molar-refractivity contribution in [1.82, 2.24) is 20.0 Å². The van der Waals surface area contributed by atoms with Gasteiger partial charge < -0.3 is 10.6 Å². The number of carbonyl (C=O) groups is 2. The summed E-state index contributed by atoms with van der Waals surface area (Å²) in [6.45, 7) is 0.579. The number of halogens is 1. The molecule has 2 saturated carbocycles. The van der Waals surface area contributed by atoms with Crippen LogP contribution in [0.25, 0.3) is 5.65 Å². The van der Waals surface area contributed by atoms with Crippen LogP contribution >= 0.6 is 11.6 Å². The molecule has 2 aliphatic rings. The van der Waals surface area contributed by atoms with E-state index in [4.69, 9.17) is 11.6 Å². The lowest BCUT2D eigenvalue weighted by atomic mass is 9.69. The molecule has 1 aromatic carbocycles. The van der Waals surface area contributed by atoms with Crippen molar-refractivity contribution in [3.63, 3.8) is 0 Å². The maximum absolute atomic E-state index is 13.3. The van der Waals surface area contributed by atoms with Crippen LogP contribution in [0.15, 0.2) is 48.7 Å². The summed E-state index contributed by atoms with van der Waals surface area (Å²) in [6.07, 6.45) is 12.1. The highest BCUT2D eigenvalue weighted by Crippen LogP contribution is 2.39. The molecule has 0 aliphatic heterocycles. The van der Waals surface area contributed by atoms with Crippen LogP contribution in [0.5, 0.6) is 0 Å². The first-order chi connectivity index (χ1) is 17.0.